The van der Waals surface area contributed by atoms with Gasteiger partial charge in [0.05, 0.1) is 0 Å². The van der Waals surface area contributed by atoms with Crippen LogP contribution in [0.2, 0.25) is 0 Å². The van der Waals surface area contributed by atoms with Gasteiger partial charge in [0, 0.05) is 10.2 Å². The first kappa shape index (κ1) is 16.2. The molecule has 3 aromatic rings. The SMILES string of the molecule is Cc1ccc(Nc2nc(N)nc(COc3ccc(Br)cc3)n2)cc1. The summed E-state index contributed by atoms with van der Waals surface area (Å²) in [4.78, 5) is 12.5. The van der Waals surface area contributed by atoms with E-state index >= 15 is 0 Å². The van der Waals surface area contributed by atoms with Gasteiger partial charge in [-0.15, -0.1) is 0 Å². The number of ether oxygens (including phenoxy) is 1. The monoisotopic (exact) mass is 385 g/mol. The second-order valence-corrected chi connectivity index (χ2v) is 6.08. The van der Waals surface area contributed by atoms with Crippen molar-refractivity contribution in [2.24, 2.45) is 0 Å². The number of hydrogen-bond donors (Lipinski definition) is 2. The van der Waals surface area contributed by atoms with Gasteiger partial charge in [-0.05, 0) is 43.3 Å². The number of rotatable bonds is 5. The molecule has 0 bridgehead atoms. The smallest absolute Gasteiger partial charge is 0.232 e. The van der Waals surface area contributed by atoms with Crippen molar-refractivity contribution in [3.8, 4) is 5.75 Å². The lowest BCUT2D eigenvalue weighted by Gasteiger charge is -2.09. The van der Waals surface area contributed by atoms with Crippen molar-refractivity contribution in [2.45, 2.75) is 13.5 Å². The summed E-state index contributed by atoms with van der Waals surface area (Å²) < 4.78 is 6.66. The van der Waals surface area contributed by atoms with Gasteiger partial charge in [-0.25, -0.2) is 0 Å². The first-order chi connectivity index (χ1) is 11.6. The lowest BCUT2D eigenvalue weighted by molar-refractivity contribution is 0.296. The van der Waals surface area contributed by atoms with Gasteiger partial charge in [-0.3, -0.25) is 0 Å². The summed E-state index contributed by atoms with van der Waals surface area (Å²) in [5, 5.41) is 3.11. The predicted octanol–water partition coefficient (Wildman–Crippen LogP) is 3.85. The Bertz CT molecular complexity index is 821. The maximum atomic E-state index is 5.76. The van der Waals surface area contributed by atoms with Crippen molar-refractivity contribution < 1.29 is 4.74 Å². The van der Waals surface area contributed by atoms with E-state index in [2.05, 4.69) is 36.2 Å². The molecule has 0 fully saturated rings. The molecule has 24 heavy (non-hydrogen) atoms. The first-order valence-electron chi connectivity index (χ1n) is 7.31. The van der Waals surface area contributed by atoms with Crippen LogP contribution in [0, 0.1) is 6.92 Å². The van der Waals surface area contributed by atoms with Crippen molar-refractivity contribution in [1.29, 1.82) is 0 Å². The van der Waals surface area contributed by atoms with Crippen LogP contribution in [0.3, 0.4) is 0 Å². The Morgan fingerprint density at radius 1 is 1.00 bits per heavy atom. The van der Waals surface area contributed by atoms with Crippen molar-refractivity contribution in [2.75, 3.05) is 11.1 Å². The van der Waals surface area contributed by atoms with E-state index in [9.17, 15) is 0 Å². The van der Waals surface area contributed by atoms with E-state index < -0.39 is 0 Å². The fourth-order valence-electron chi connectivity index (χ4n) is 2.00. The number of benzene rings is 2. The van der Waals surface area contributed by atoms with Gasteiger partial charge in [-0.1, -0.05) is 33.6 Å². The summed E-state index contributed by atoms with van der Waals surface area (Å²) in [7, 11) is 0. The van der Waals surface area contributed by atoms with Crippen LogP contribution in [-0.2, 0) is 6.61 Å². The maximum absolute atomic E-state index is 5.76. The Hall–Kier alpha value is -2.67. The van der Waals surface area contributed by atoms with Crippen LogP contribution in [0.5, 0.6) is 5.75 Å². The second kappa shape index (κ2) is 7.27. The average Bonchev–Trinajstić information content (AvgIpc) is 2.56. The zero-order valence-electron chi connectivity index (χ0n) is 13.0. The molecule has 1 heterocycles. The predicted molar refractivity (Wildman–Crippen MR) is 97.2 cm³/mol. The fraction of sp³-hybridized carbons (Fsp3) is 0.118. The molecule has 0 unspecified atom stereocenters. The number of nitrogens with two attached hydrogens (primary N) is 1. The average molecular weight is 386 g/mol. The van der Waals surface area contributed by atoms with Crippen LogP contribution in [0.15, 0.2) is 53.0 Å². The summed E-state index contributed by atoms with van der Waals surface area (Å²) >= 11 is 3.38. The van der Waals surface area contributed by atoms with Gasteiger partial charge >= 0.3 is 0 Å². The van der Waals surface area contributed by atoms with E-state index in [0.29, 0.717) is 11.8 Å². The molecule has 3 rings (SSSR count). The van der Waals surface area contributed by atoms with E-state index in [1.807, 2.05) is 55.5 Å². The molecular formula is C17H16BrN5O. The quantitative estimate of drug-likeness (QED) is 0.693. The zero-order valence-corrected chi connectivity index (χ0v) is 14.6. The number of aryl methyl sites for hydroxylation is 1. The van der Waals surface area contributed by atoms with Crippen LogP contribution >= 0.6 is 15.9 Å². The minimum atomic E-state index is 0.147. The normalized spacial score (nSPS) is 10.4. The summed E-state index contributed by atoms with van der Waals surface area (Å²) in [6.07, 6.45) is 0. The number of halogens is 1. The minimum Gasteiger partial charge on any atom is -0.486 e. The molecule has 0 spiro atoms. The molecule has 0 aliphatic heterocycles. The molecule has 2 aromatic carbocycles. The summed E-state index contributed by atoms with van der Waals surface area (Å²) in [5.74, 6) is 1.72. The van der Waals surface area contributed by atoms with Crippen molar-refractivity contribution >= 4 is 33.5 Å². The lowest BCUT2D eigenvalue weighted by Crippen LogP contribution is -2.09. The fourth-order valence-corrected chi connectivity index (χ4v) is 2.27. The second-order valence-electron chi connectivity index (χ2n) is 5.17. The third-order valence-corrected chi connectivity index (χ3v) is 3.72. The molecule has 1 aromatic heterocycles. The molecule has 0 radical (unpaired) electrons. The Morgan fingerprint density at radius 2 is 1.71 bits per heavy atom. The summed E-state index contributed by atoms with van der Waals surface area (Å²) in [6, 6.07) is 15.4. The molecule has 6 nitrogen and oxygen atoms in total. The number of hydrogen-bond acceptors (Lipinski definition) is 6. The number of aromatic nitrogens is 3. The van der Waals surface area contributed by atoms with Crippen LogP contribution in [-0.4, -0.2) is 15.0 Å². The highest BCUT2D eigenvalue weighted by Crippen LogP contribution is 2.18. The largest absolute Gasteiger partial charge is 0.486 e. The molecule has 0 saturated heterocycles. The van der Waals surface area contributed by atoms with E-state index in [0.717, 1.165) is 15.9 Å². The molecule has 0 aliphatic rings. The number of nitrogen functional groups attached to an aromatic ring is 1. The Balaban J connectivity index is 1.71. The Kier molecular flexibility index (Phi) is 4.90. The Labute approximate surface area is 148 Å². The van der Waals surface area contributed by atoms with Gasteiger partial charge in [0.25, 0.3) is 0 Å². The highest BCUT2D eigenvalue weighted by Gasteiger charge is 2.06. The molecule has 0 aliphatic carbocycles. The van der Waals surface area contributed by atoms with Crippen LogP contribution < -0.4 is 15.8 Å². The number of nitrogens with zero attached hydrogens (tertiary/aromatic N) is 3. The van der Waals surface area contributed by atoms with Gasteiger partial charge in [-0.2, -0.15) is 15.0 Å². The highest BCUT2D eigenvalue weighted by atomic mass is 79.9. The third kappa shape index (κ3) is 4.42. The van der Waals surface area contributed by atoms with Gasteiger partial charge < -0.3 is 15.8 Å². The molecule has 122 valence electrons. The van der Waals surface area contributed by atoms with E-state index in [1.165, 1.54) is 5.56 Å². The topological polar surface area (TPSA) is 86.0 Å². The van der Waals surface area contributed by atoms with Crippen molar-refractivity contribution in [3.63, 3.8) is 0 Å². The van der Waals surface area contributed by atoms with Crippen molar-refractivity contribution in [3.05, 3.63) is 64.4 Å². The van der Waals surface area contributed by atoms with Crippen LogP contribution in [0.4, 0.5) is 17.6 Å². The van der Waals surface area contributed by atoms with E-state index in [1.54, 1.807) is 0 Å². The minimum absolute atomic E-state index is 0.147. The molecule has 0 saturated carbocycles. The highest BCUT2D eigenvalue weighted by molar-refractivity contribution is 9.10. The molecular weight excluding hydrogens is 370 g/mol. The summed E-state index contributed by atoms with van der Waals surface area (Å²) in [5.41, 5.74) is 7.82. The maximum Gasteiger partial charge on any atom is 0.232 e. The van der Waals surface area contributed by atoms with Crippen molar-refractivity contribution in [1.82, 2.24) is 15.0 Å². The lowest BCUT2D eigenvalue weighted by atomic mass is 10.2. The zero-order chi connectivity index (χ0) is 16.9. The number of nitrogens with one attached hydrogen (secondary N) is 1. The third-order valence-electron chi connectivity index (χ3n) is 3.19. The summed E-state index contributed by atoms with van der Waals surface area (Å²) in [6.45, 7) is 2.24. The van der Waals surface area contributed by atoms with Crippen LogP contribution in [0.25, 0.3) is 0 Å². The molecule has 0 amide bonds. The van der Waals surface area contributed by atoms with Gasteiger partial charge in [0.15, 0.2) is 5.82 Å². The van der Waals surface area contributed by atoms with E-state index in [4.69, 9.17) is 10.5 Å². The van der Waals surface area contributed by atoms with Crippen LogP contribution in [0.1, 0.15) is 11.4 Å². The number of anilines is 3. The first-order valence-corrected chi connectivity index (χ1v) is 8.10. The molecule has 3 N–H and O–H groups in total. The standard InChI is InChI=1S/C17H16BrN5O/c1-11-2-6-13(7-3-11)20-17-22-15(21-16(19)23-17)10-24-14-8-4-12(18)5-9-14/h2-9H,10H2,1H3,(H3,19,20,21,22,23). The van der Waals surface area contributed by atoms with Gasteiger partial charge in [0.1, 0.15) is 12.4 Å². The molecule has 0 atom stereocenters. The Morgan fingerprint density at radius 3 is 2.42 bits per heavy atom. The van der Waals surface area contributed by atoms with E-state index in [-0.39, 0.29) is 12.6 Å². The van der Waals surface area contributed by atoms with Gasteiger partial charge in [0.2, 0.25) is 11.9 Å². The molecule has 7 heteroatoms.